The summed E-state index contributed by atoms with van der Waals surface area (Å²) in [7, 11) is 2.20. The smallest absolute Gasteiger partial charge is 0.0594 e. The standard InChI is InChI=1S/C30H36N4.C6H7N.C2H4/c1-6-23(4)32-28-13-14-29-25(17-28)11-8-12-26(29)20-34(31)30-22(3)18-33(5)19-27(30)16-24-10-7-9-21(2)15-24;1-2-6-4-3-5-7-6;1-2/h6-15,17,22,32H,1,4,16,18-20,31H2,2-3,5H3;2-5,7H,1H2;1-2H2. The Labute approximate surface area is 258 Å². The molecule has 0 bridgehead atoms. The van der Waals surface area contributed by atoms with Gasteiger partial charge >= 0.3 is 0 Å². The Bertz CT molecular complexity index is 1550. The molecule has 1 aliphatic heterocycles. The number of fused-ring (bicyclic) bond motifs is 1. The van der Waals surface area contributed by atoms with E-state index in [0.717, 1.165) is 36.6 Å². The van der Waals surface area contributed by atoms with Crippen LogP contribution in [0.5, 0.6) is 0 Å². The van der Waals surface area contributed by atoms with Crippen LogP contribution in [0, 0.1) is 12.8 Å². The van der Waals surface area contributed by atoms with E-state index in [2.05, 4.69) is 130 Å². The minimum absolute atomic E-state index is 0.374. The Kier molecular flexibility index (Phi) is 12.4. The molecule has 4 aromatic rings. The average Bonchev–Trinajstić information content (AvgIpc) is 3.52. The van der Waals surface area contributed by atoms with Crippen molar-refractivity contribution in [3.63, 3.8) is 0 Å². The Morgan fingerprint density at radius 3 is 2.49 bits per heavy atom. The van der Waals surface area contributed by atoms with Crippen molar-refractivity contribution in [1.29, 1.82) is 0 Å². The average molecular weight is 574 g/mol. The fourth-order valence-electron chi connectivity index (χ4n) is 5.62. The molecule has 4 N–H and O–H groups in total. The number of rotatable bonds is 9. The summed E-state index contributed by atoms with van der Waals surface area (Å²) in [4.78, 5) is 5.37. The molecule has 0 radical (unpaired) electrons. The molecular weight excluding hydrogens is 526 g/mol. The van der Waals surface area contributed by atoms with Crippen molar-refractivity contribution in [2.45, 2.75) is 26.8 Å². The van der Waals surface area contributed by atoms with E-state index < -0.39 is 0 Å². The highest BCUT2D eigenvalue weighted by atomic mass is 15.4. The molecule has 0 saturated heterocycles. The fraction of sp³-hybridized carbons (Fsp3) is 0.211. The number of allylic oxidation sites excluding steroid dienone is 1. The van der Waals surface area contributed by atoms with Gasteiger partial charge in [-0.3, -0.25) is 0 Å². The number of aryl methyl sites for hydroxylation is 1. The molecule has 1 aromatic heterocycles. The van der Waals surface area contributed by atoms with Crippen molar-refractivity contribution >= 4 is 22.5 Å². The van der Waals surface area contributed by atoms with E-state index in [9.17, 15) is 0 Å². The molecular formula is C38H47N5. The van der Waals surface area contributed by atoms with Crippen LogP contribution in [0.3, 0.4) is 0 Å². The molecule has 2 heterocycles. The number of hydrogen-bond acceptors (Lipinski definition) is 4. The van der Waals surface area contributed by atoms with Crippen LogP contribution < -0.4 is 11.2 Å². The summed E-state index contributed by atoms with van der Waals surface area (Å²) in [6.45, 7) is 24.4. The topological polar surface area (TPSA) is 60.3 Å². The quantitative estimate of drug-likeness (QED) is 0.0813. The van der Waals surface area contributed by atoms with Crippen molar-refractivity contribution in [3.05, 3.63) is 157 Å². The van der Waals surface area contributed by atoms with Gasteiger partial charge in [0.25, 0.3) is 0 Å². The minimum atomic E-state index is 0.374. The van der Waals surface area contributed by atoms with E-state index in [1.54, 1.807) is 12.2 Å². The third-order valence-corrected chi connectivity index (χ3v) is 7.39. The first-order valence-electron chi connectivity index (χ1n) is 14.6. The van der Waals surface area contributed by atoms with Gasteiger partial charge in [-0.25, -0.2) is 5.84 Å². The van der Waals surface area contributed by atoms with Crippen molar-refractivity contribution in [3.8, 4) is 0 Å². The monoisotopic (exact) mass is 573 g/mol. The maximum Gasteiger partial charge on any atom is 0.0594 e. The van der Waals surface area contributed by atoms with Crippen LogP contribution in [0.2, 0.25) is 0 Å². The molecule has 0 spiro atoms. The first kappa shape index (κ1) is 32.9. The van der Waals surface area contributed by atoms with Crippen LogP contribution >= 0.6 is 0 Å². The number of nitrogens with one attached hydrogen (secondary N) is 2. The molecule has 0 amide bonds. The third-order valence-electron chi connectivity index (χ3n) is 7.39. The van der Waals surface area contributed by atoms with Gasteiger partial charge in [0.1, 0.15) is 0 Å². The summed E-state index contributed by atoms with van der Waals surface area (Å²) in [5.74, 6) is 7.19. The molecule has 5 heteroatoms. The van der Waals surface area contributed by atoms with E-state index in [0.29, 0.717) is 12.5 Å². The van der Waals surface area contributed by atoms with Crippen LogP contribution in [-0.4, -0.2) is 35.0 Å². The molecule has 5 rings (SSSR count). The number of nitrogens with zero attached hydrogens (tertiary/aromatic N) is 2. The van der Waals surface area contributed by atoms with E-state index in [1.165, 1.54) is 38.7 Å². The SMILES string of the molecule is C=C.C=CC(=C)Nc1ccc2c(CN(N)C3=C(Cc4cccc(C)c4)CN(C)CC3C)cccc2c1.C=Cc1ccc[nH]1. The van der Waals surface area contributed by atoms with Gasteiger partial charge < -0.3 is 20.2 Å². The summed E-state index contributed by atoms with van der Waals surface area (Å²) in [6, 6.07) is 25.5. The zero-order valence-corrected chi connectivity index (χ0v) is 26.1. The number of benzene rings is 3. The van der Waals surface area contributed by atoms with Gasteiger partial charge in [0.2, 0.25) is 0 Å². The van der Waals surface area contributed by atoms with E-state index in [4.69, 9.17) is 5.84 Å². The molecule has 0 saturated carbocycles. The summed E-state index contributed by atoms with van der Waals surface area (Å²) in [5, 5.41) is 7.66. The van der Waals surface area contributed by atoms with Gasteiger partial charge in [-0.2, -0.15) is 0 Å². The van der Waals surface area contributed by atoms with E-state index >= 15 is 0 Å². The molecule has 224 valence electrons. The van der Waals surface area contributed by atoms with Gasteiger partial charge in [-0.05, 0) is 84.3 Å². The predicted octanol–water partition coefficient (Wildman–Crippen LogP) is 8.47. The highest BCUT2D eigenvalue weighted by molar-refractivity contribution is 5.88. The molecule has 43 heavy (non-hydrogen) atoms. The lowest BCUT2D eigenvalue weighted by Crippen LogP contribution is -2.42. The number of H-pyrrole nitrogens is 1. The summed E-state index contributed by atoms with van der Waals surface area (Å²) >= 11 is 0. The van der Waals surface area contributed by atoms with Crippen LogP contribution in [0.1, 0.15) is 29.3 Å². The molecule has 1 unspecified atom stereocenters. The number of likely N-dealkylation sites (N-methyl/N-ethyl adjacent to an activating group) is 1. The normalized spacial score (nSPS) is 14.6. The predicted molar refractivity (Wildman–Crippen MR) is 187 cm³/mol. The second kappa shape index (κ2) is 16.2. The summed E-state index contributed by atoms with van der Waals surface area (Å²) in [6.07, 6.45) is 6.30. The van der Waals surface area contributed by atoms with Gasteiger partial charge in [-0.15, -0.1) is 13.2 Å². The van der Waals surface area contributed by atoms with Gasteiger partial charge in [-0.1, -0.05) is 80.8 Å². The number of hydrogen-bond donors (Lipinski definition) is 3. The molecule has 0 aliphatic carbocycles. The van der Waals surface area contributed by atoms with E-state index in [-0.39, 0.29) is 0 Å². The number of hydrazine groups is 1. The Balaban J connectivity index is 0.000000487. The molecule has 1 atom stereocenters. The lowest BCUT2D eigenvalue weighted by Gasteiger charge is -2.37. The first-order valence-corrected chi connectivity index (χ1v) is 14.6. The molecule has 3 aromatic carbocycles. The van der Waals surface area contributed by atoms with Crippen molar-refractivity contribution in [1.82, 2.24) is 14.9 Å². The second-order valence-electron chi connectivity index (χ2n) is 10.9. The molecule has 5 nitrogen and oxygen atoms in total. The first-order chi connectivity index (χ1) is 20.8. The molecule has 0 fully saturated rings. The Hall–Kier alpha value is -4.58. The van der Waals surface area contributed by atoms with Gasteiger partial charge in [0.05, 0.1) is 6.54 Å². The fourth-order valence-corrected chi connectivity index (χ4v) is 5.62. The highest BCUT2D eigenvalue weighted by Gasteiger charge is 2.26. The maximum absolute atomic E-state index is 6.82. The van der Waals surface area contributed by atoms with Gasteiger partial charge in [0, 0.05) is 48.0 Å². The largest absolute Gasteiger partial charge is 0.362 e. The number of aromatic nitrogens is 1. The zero-order valence-electron chi connectivity index (χ0n) is 26.1. The van der Waals surface area contributed by atoms with Crippen LogP contribution in [0.15, 0.2) is 135 Å². The summed E-state index contributed by atoms with van der Waals surface area (Å²) in [5.41, 5.74) is 9.40. The minimum Gasteiger partial charge on any atom is -0.362 e. The third kappa shape index (κ3) is 9.20. The maximum atomic E-state index is 6.82. The van der Waals surface area contributed by atoms with Crippen LogP contribution in [0.4, 0.5) is 5.69 Å². The zero-order chi connectivity index (χ0) is 31.4. The van der Waals surface area contributed by atoms with Crippen LogP contribution in [-0.2, 0) is 13.0 Å². The van der Waals surface area contributed by atoms with Crippen molar-refractivity contribution in [2.24, 2.45) is 11.8 Å². The Morgan fingerprint density at radius 1 is 1.07 bits per heavy atom. The lowest BCUT2D eigenvalue weighted by atomic mass is 9.91. The van der Waals surface area contributed by atoms with E-state index in [1.807, 2.05) is 23.3 Å². The molecule has 1 aliphatic rings. The number of anilines is 1. The van der Waals surface area contributed by atoms with Crippen molar-refractivity contribution < 1.29 is 0 Å². The second-order valence-corrected chi connectivity index (χ2v) is 10.9. The number of aromatic amines is 1. The summed E-state index contributed by atoms with van der Waals surface area (Å²) < 4.78 is 0. The number of nitrogens with two attached hydrogens (primary N) is 1. The Morgan fingerprint density at radius 2 is 1.84 bits per heavy atom. The van der Waals surface area contributed by atoms with Crippen LogP contribution in [0.25, 0.3) is 16.8 Å². The lowest BCUT2D eigenvalue weighted by molar-refractivity contribution is 0.228. The van der Waals surface area contributed by atoms with Crippen molar-refractivity contribution in [2.75, 3.05) is 25.5 Å². The van der Waals surface area contributed by atoms with Gasteiger partial charge in [0.15, 0.2) is 0 Å². The highest BCUT2D eigenvalue weighted by Crippen LogP contribution is 2.30.